The molecule has 1 aromatic heterocycles. The summed E-state index contributed by atoms with van der Waals surface area (Å²) in [5.41, 5.74) is -0.0676. The van der Waals surface area contributed by atoms with Crippen molar-refractivity contribution >= 4 is 17.5 Å². The summed E-state index contributed by atoms with van der Waals surface area (Å²) in [4.78, 5) is 18.7. The predicted octanol–water partition coefficient (Wildman–Crippen LogP) is 2.56. The second-order valence-corrected chi connectivity index (χ2v) is 4.76. The predicted molar refractivity (Wildman–Crippen MR) is 73.3 cm³/mol. The van der Waals surface area contributed by atoms with Gasteiger partial charge in [0.15, 0.2) is 0 Å². The van der Waals surface area contributed by atoms with Gasteiger partial charge in [-0.05, 0) is 25.7 Å². The summed E-state index contributed by atoms with van der Waals surface area (Å²) in [5, 5.41) is 17.2. The van der Waals surface area contributed by atoms with E-state index in [1.807, 2.05) is 0 Å². The van der Waals surface area contributed by atoms with Crippen molar-refractivity contribution in [1.82, 2.24) is 9.97 Å². The fourth-order valence-electron chi connectivity index (χ4n) is 1.78. The molecule has 0 atom stereocenters. The van der Waals surface area contributed by atoms with Gasteiger partial charge in [-0.1, -0.05) is 13.8 Å². The van der Waals surface area contributed by atoms with E-state index in [-0.39, 0.29) is 11.7 Å². The van der Waals surface area contributed by atoms with Crippen LogP contribution in [-0.4, -0.2) is 27.0 Å². The van der Waals surface area contributed by atoms with E-state index in [1.165, 1.54) is 6.20 Å². The van der Waals surface area contributed by atoms with Crippen molar-refractivity contribution < 1.29 is 4.92 Å². The molecule has 0 amide bonds. The zero-order valence-electron chi connectivity index (χ0n) is 11.2. The Balaban J connectivity index is 2.18. The molecule has 104 valence electrons. The molecule has 7 heteroatoms. The molecular formula is C12H19N5O2. The van der Waals surface area contributed by atoms with Crippen molar-refractivity contribution in [2.24, 2.45) is 0 Å². The molecule has 1 aliphatic rings. The fourth-order valence-corrected chi connectivity index (χ4v) is 1.78. The molecule has 7 nitrogen and oxygen atoms in total. The Kier molecular flexibility index (Phi) is 4.13. The maximum Gasteiger partial charge on any atom is 0.329 e. The van der Waals surface area contributed by atoms with Crippen molar-refractivity contribution in [3.05, 3.63) is 16.3 Å². The molecular weight excluding hydrogens is 246 g/mol. The van der Waals surface area contributed by atoms with E-state index < -0.39 is 4.92 Å². The van der Waals surface area contributed by atoms with E-state index in [0.717, 1.165) is 25.7 Å². The molecule has 19 heavy (non-hydrogen) atoms. The number of nitrogens with zero attached hydrogens (tertiary/aromatic N) is 3. The second-order valence-electron chi connectivity index (χ2n) is 4.76. The van der Waals surface area contributed by atoms with Crippen LogP contribution in [0.25, 0.3) is 0 Å². The normalized spacial score (nSPS) is 14.5. The molecule has 1 saturated carbocycles. The van der Waals surface area contributed by atoms with Gasteiger partial charge in [0.05, 0.1) is 4.92 Å². The second kappa shape index (κ2) is 5.81. The van der Waals surface area contributed by atoms with Crippen molar-refractivity contribution in [3.63, 3.8) is 0 Å². The maximum atomic E-state index is 10.9. The lowest BCUT2D eigenvalue weighted by Crippen LogP contribution is -2.19. The lowest BCUT2D eigenvalue weighted by Gasteiger charge is -2.15. The zero-order chi connectivity index (χ0) is 13.8. The van der Waals surface area contributed by atoms with E-state index in [9.17, 15) is 10.1 Å². The average Bonchev–Trinajstić information content (AvgIpc) is 3.19. The fraction of sp³-hybridized carbons (Fsp3) is 0.667. The van der Waals surface area contributed by atoms with Crippen LogP contribution >= 0.6 is 0 Å². The summed E-state index contributed by atoms with van der Waals surface area (Å²) in [6.45, 7) is 4.16. The molecule has 1 fully saturated rings. The van der Waals surface area contributed by atoms with E-state index in [1.54, 1.807) is 0 Å². The third kappa shape index (κ3) is 3.52. The number of nitrogens with one attached hydrogen (secondary N) is 2. The van der Waals surface area contributed by atoms with Gasteiger partial charge in [-0.3, -0.25) is 10.1 Å². The van der Waals surface area contributed by atoms with E-state index in [0.29, 0.717) is 17.8 Å². The highest BCUT2D eigenvalue weighted by atomic mass is 16.6. The number of anilines is 2. The number of rotatable bonds is 7. The van der Waals surface area contributed by atoms with Crippen LogP contribution in [0.3, 0.4) is 0 Å². The Morgan fingerprint density at radius 1 is 1.47 bits per heavy atom. The van der Waals surface area contributed by atoms with Crippen LogP contribution in [0.2, 0.25) is 0 Å². The summed E-state index contributed by atoms with van der Waals surface area (Å²) in [7, 11) is 0. The Labute approximate surface area is 112 Å². The van der Waals surface area contributed by atoms with E-state index >= 15 is 0 Å². The Morgan fingerprint density at radius 3 is 2.68 bits per heavy atom. The minimum absolute atomic E-state index is 0.0676. The minimum Gasteiger partial charge on any atom is -0.361 e. The van der Waals surface area contributed by atoms with Crippen LogP contribution in [0.1, 0.15) is 39.5 Å². The monoisotopic (exact) mass is 265 g/mol. The van der Waals surface area contributed by atoms with Crippen molar-refractivity contribution in [3.8, 4) is 0 Å². The molecule has 1 aliphatic carbocycles. The van der Waals surface area contributed by atoms with Crippen LogP contribution in [-0.2, 0) is 0 Å². The Hall–Kier alpha value is -1.92. The molecule has 1 heterocycles. The van der Waals surface area contributed by atoms with Crippen molar-refractivity contribution in [2.75, 3.05) is 10.6 Å². The first-order valence-corrected chi connectivity index (χ1v) is 6.68. The largest absolute Gasteiger partial charge is 0.361 e. The molecule has 0 radical (unpaired) electrons. The molecule has 0 spiro atoms. The topological polar surface area (TPSA) is 93.0 Å². The minimum atomic E-state index is -0.453. The lowest BCUT2D eigenvalue weighted by molar-refractivity contribution is -0.384. The maximum absolute atomic E-state index is 10.9. The third-order valence-electron chi connectivity index (χ3n) is 3.20. The average molecular weight is 265 g/mol. The summed E-state index contributed by atoms with van der Waals surface area (Å²) >= 11 is 0. The summed E-state index contributed by atoms with van der Waals surface area (Å²) in [6, 6.07) is 0.602. The van der Waals surface area contributed by atoms with E-state index in [2.05, 4.69) is 34.4 Å². The van der Waals surface area contributed by atoms with E-state index in [4.69, 9.17) is 0 Å². The van der Waals surface area contributed by atoms with Gasteiger partial charge >= 0.3 is 5.69 Å². The lowest BCUT2D eigenvalue weighted by atomic mass is 10.2. The number of aromatic nitrogens is 2. The standard InChI is InChI=1S/C12H19N5O2/c1-3-8(4-2)15-12-13-7-10(17(18)19)11(16-12)14-9-5-6-9/h7-9H,3-6H2,1-2H3,(H2,13,14,15,16). The van der Waals surface area contributed by atoms with Gasteiger partial charge in [-0.15, -0.1) is 0 Å². The van der Waals surface area contributed by atoms with Gasteiger partial charge in [-0.25, -0.2) is 4.98 Å². The van der Waals surface area contributed by atoms with Crippen molar-refractivity contribution in [1.29, 1.82) is 0 Å². The number of hydrogen-bond acceptors (Lipinski definition) is 6. The van der Waals surface area contributed by atoms with Gasteiger partial charge in [0.2, 0.25) is 11.8 Å². The first-order valence-electron chi connectivity index (χ1n) is 6.68. The molecule has 0 unspecified atom stereocenters. The van der Waals surface area contributed by atoms with Crippen LogP contribution < -0.4 is 10.6 Å². The van der Waals surface area contributed by atoms with Gasteiger partial charge in [0, 0.05) is 12.1 Å². The first kappa shape index (κ1) is 13.5. The molecule has 2 rings (SSSR count). The molecule has 0 bridgehead atoms. The van der Waals surface area contributed by atoms with Gasteiger partial charge in [-0.2, -0.15) is 4.98 Å². The summed E-state index contributed by atoms with van der Waals surface area (Å²) in [5.74, 6) is 0.762. The highest BCUT2D eigenvalue weighted by Gasteiger charge is 2.26. The van der Waals surface area contributed by atoms with Crippen LogP contribution in [0.15, 0.2) is 6.20 Å². The molecule has 0 aromatic carbocycles. The quantitative estimate of drug-likeness (QED) is 0.581. The third-order valence-corrected chi connectivity index (χ3v) is 3.20. The van der Waals surface area contributed by atoms with Gasteiger partial charge < -0.3 is 10.6 Å². The van der Waals surface area contributed by atoms with Gasteiger partial charge in [0.25, 0.3) is 0 Å². The molecule has 0 aliphatic heterocycles. The molecule has 2 N–H and O–H groups in total. The molecule has 1 aromatic rings. The first-order chi connectivity index (χ1) is 9.13. The molecule has 0 saturated heterocycles. The number of hydrogen-bond donors (Lipinski definition) is 2. The number of nitro groups is 1. The smallest absolute Gasteiger partial charge is 0.329 e. The Morgan fingerprint density at radius 2 is 2.16 bits per heavy atom. The highest BCUT2D eigenvalue weighted by Crippen LogP contribution is 2.29. The van der Waals surface area contributed by atoms with Crippen LogP contribution in [0.4, 0.5) is 17.5 Å². The highest BCUT2D eigenvalue weighted by molar-refractivity contribution is 5.58. The summed E-state index contributed by atoms with van der Waals surface area (Å²) in [6.07, 6.45) is 5.26. The SMILES string of the molecule is CCC(CC)Nc1ncc([N+](=O)[O-])c(NC2CC2)n1. The Bertz CT molecular complexity index is 457. The zero-order valence-corrected chi connectivity index (χ0v) is 11.2. The van der Waals surface area contributed by atoms with Gasteiger partial charge in [0.1, 0.15) is 6.20 Å². The summed E-state index contributed by atoms with van der Waals surface area (Å²) < 4.78 is 0. The van der Waals surface area contributed by atoms with Crippen LogP contribution in [0.5, 0.6) is 0 Å². The van der Waals surface area contributed by atoms with Crippen molar-refractivity contribution in [2.45, 2.75) is 51.6 Å². The van der Waals surface area contributed by atoms with Crippen LogP contribution in [0, 0.1) is 10.1 Å².